The van der Waals surface area contributed by atoms with Gasteiger partial charge in [-0.05, 0) is 17.7 Å². The number of carboxylic acids is 1. The average Bonchev–Trinajstić information content (AvgIpc) is 2.55. The van der Waals surface area contributed by atoms with Crippen LogP contribution in [0.25, 0.3) is 5.76 Å². The van der Waals surface area contributed by atoms with E-state index in [1.54, 1.807) is 12.1 Å². The number of amides is 1. The Hall–Kier alpha value is -3.41. The van der Waals surface area contributed by atoms with Gasteiger partial charge in [-0.15, -0.1) is 0 Å². The van der Waals surface area contributed by atoms with E-state index in [0.717, 1.165) is 5.56 Å². The van der Waals surface area contributed by atoms with Gasteiger partial charge in [0.15, 0.2) is 0 Å². The zero-order valence-corrected chi connectivity index (χ0v) is 12.6. The van der Waals surface area contributed by atoms with E-state index in [1.807, 2.05) is 30.3 Å². The molecule has 0 aromatic heterocycles. The molecule has 0 fully saturated rings. The van der Waals surface area contributed by atoms with E-state index in [1.165, 1.54) is 12.1 Å². The summed E-state index contributed by atoms with van der Waals surface area (Å²) in [5, 5.41) is 21.0. The van der Waals surface area contributed by atoms with Gasteiger partial charge in [-0.3, -0.25) is 9.59 Å². The molecule has 0 spiro atoms. The van der Waals surface area contributed by atoms with Gasteiger partial charge in [-0.2, -0.15) is 0 Å². The summed E-state index contributed by atoms with van der Waals surface area (Å²) in [4.78, 5) is 33.6. The number of hydrogen-bond donors (Lipinski definition) is 3. The minimum absolute atomic E-state index is 0.199. The summed E-state index contributed by atoms with van der Waals surface area (Å²) in [5.41, 5.74) is 1.51. The van der Waals surface area contributed by atoms with E-state index in [0.29, 0.717) is 11.8 Å². The van der Waals surface area contributed by atoms with E-state index in [9.17, 15) is 19.5 Å². The number of rotatable bonds is 6. The largest absolute Gasteiger partial charge is 0.507 e. The van der Waals surface area contributed by atoms with Crippen molar-refractivity contribution in [3.05, 3.63) is 71.8 Å². The second-order valence-electron chi connectivity index (χ2n) is 4.99. The maximum absolute atomic E-state index is 12.0. The molecule has 0 aliphatic heterocycles. The lowest BCUT2D eigenvalue weighted by molar-refractivity contribution is -0.146. The highest BCUT2D eigenvalue weighted by Gasteiger charge is 2.11. The first-order valence-corrected chi connectivity index (χ1v) is 7.08. The summed E-state index contributed by atoms with van der Waals surface area (Å²) in [6.07, 6.45) is 0.817. The molecule has 1 amide bonds. The van der Waals surface area contributed by atoms with Crippen molar-refractivity contribution in [2.45, 2.75) is 6.42 Å². The highest BCUT2D eigenvalue weighted by atomic mass is 16.4. The van der Waals surface area contributed by atoms with Gasteiger partial charge in [-0.1, -0.05) is 42.5 Å². The summed E-state index contributed by atoms with van der Waals surface area (Å²) in [7, 11) is 0. The Labute approximate surface area is 138 Å². The van der Waals surface area contributed by atoms with Gasteiger partial charge < -0.3 is 15.5 Å². The highest BCUT2D eigenvalue weighted by Crippen LogP contribution is 2.17. The molecule has 0 heterocycles. The van der Waals surface area contributed by atoms with Crippen LogP contribution in [0, 0.1) is 0 Å². The number of carbonyl (C=O) groups is 3. The highest BCUT2D eigenvalue weighted by molar-refractivity contribution is 6.38. The maximum Gasteiger partial charge on any atom is 0.376 e. The Balaban J connectivity index is 2.08. The van der Waals surface area contributed by atoms with Gasteiger partial charge in [0, 0.05) is 17.3 Å². The first kappa shape index (κ1) is 17.0. The third-order valence-electron chi connectivity index (χ3n) is 3.13. The van der Waals surface area contributed by atoms with Gasteiger partial charge in [0.25, 0.3) is 5.78 Å². The van der Waals surface area contributed by atoms with Crippen molar-refractivity contribution in [3.8, 4) is 0 Å². The Bertz CT molecular complexity index is 796. The van der Waals surface area contributed by atoms with Gasteiger partial charge in [0.2, 0.25) is 5.91 Å². The molecule has 0 saturated heterocycles. The van der Waals surface area contributed by atoms with Crippen molar-refractivity contribution in [3.63, 3.8) is 0 Å². The van der Waals surface area contributed by atoms with Crippen LogP contribution in [0.1, 0.15) is 11.1 Å². The summed E-state index contributed by atoms with van der Waals surface area (Å²) >= 11 is 0. The molecular formula is C18H15NO5. The molecule has 3 N–H and O–H groups in total. The Morgan fingerprint density at radius 3 is 2.33 bits per heavy atom. The maximum atomic E-state index is 12.0. The monoisotopic (exact) mass is 325 g/mol. The zero-order valence-electron chi connectivity index (χ0n) is 12.6. The van der Waals surface area contributed by atoms with Crippen molar-refractivity contribution in [2.24, 2.45) is 0 Å². The fraction of sp³-hybridized carbons (Fsp3) is 0.0556. The number of carboxylic acid groups (broad SMARTS) is 1. The van der Waals surface area contributed by atoms with Gasteiger partial charge >= 0.3 is 5.97 Å². The van der Waals surface area contributed by atoms with Crippen LogP contribution < -0.4 is 5.32 Å². The quantitative estimate of drug-likeness (QED) is 0.430. The molecule has 0 atom stereocenters. The molecule has 0 aliphatic rings. The molecule has 2 aromatic rings. The number of carbonyl (C=O) groups excluding carboxylic acids is 2. The first-order chi connectivity index (χ1) is 11.5. The molecular weight excluding hydrogens is 310 g/mol. The van der Waals surface area contributed by atoms with Crippen LogP contribution in [0.4, 0.5) is 5.69 Å². The number of benzene rings is 2. The van der Waals surface area contributed by atoms with Crippen LogP contribution in [0.2, 0.25) is 0 Å². The summed E-state index contributed by atoms with van der Waals surface area (Å²) in [6, 6.07) is 15.3. The number of aliphatic hydroxyl groups is 1. The molecule has 2 rings (SSSR count). The van der Waals surface area contributed by atoms with E-state index < -0.39 is 17.5 Å². The van der Waals surface area contributed by atoms with Gasteiger partial charge in [-0.25, -0.2) is 4.79 Å². The fourth-order valence-corrected chi connectivity index (χ4v) is 2.01. The normalized spacial score (nSPS) is 10.9. The fourth-order valence-electron chi connectivity index (χ4n) is 2.01. The minimum Gasteiger partial charge on any atom is -0.507 e. The predicted molar refractivity (Wildman–Crippen MR) is 88.5 cm³/mol. The van der Waals surface area contributed by atoms with Crippen LogP contribution in [0.5, 0.6) is 0 Å². The molecule has 6 nitrogen and oxygen atoms in total. The van der Waals surface area contributed by atoms with Gasteiger partial charge in [0.05, 0.1) is 6.42 Å². The lowest BCUT2D eigenvalue weighted by atomic mass is 10.1. The molecule has 24 heavy (non-hydrogen) atoms. The summed E-state index contributed by atoms with van der Waals surface area (Å²) in [6.45, 7) is 0. The first-order valence-electron chi connectivity index (χ1n) is 7.08. The summed E-state index contributed by atoms with van der Waals surface area (Å²) < 4.78 is 0. The number of aliphatic hydroxyl groups excluding tert-OH is 1. The smallest absolute Gasteiger partial charge is 0.376 e. The van der Waals surface area contributed by atoms with Crippen LogP contribution >= 0.6 is 0 Å². The average molecular weight is 325 g/mol. The van der Waals surface area contributed by atoms with Gasteiger partial charge in [0.1, 0.15) is 5.76 Å². The molecule has 0 saturated carbocycles. The van der Waals surface area contributed by atoms with Crippen molar-refractivity contribution in [2.75, 3.05) is 5.32 Å². The zero-order chi connectivity index (χ0) is 17.5. The van der Waals surface area contributed by atoms with Crippen molar-refractivity contribution in [1.82, 2.24) is 0 Å². The molecule has 0 unspecified atom stereocenters. The Morgan fingerprint density at radius 2 is 1.67 bits per heavy atom. The number of anilines is 1. The second kappa shape index (κ2) is 7.73. The minimum atomic E-state index is -1.66. The lowest BCUT2D eigenvalue weighted by Crippen LogP contribution is -2.14. The van der Waals surface area contributed by atoms with E-state index in [2.05, 4.69) is 5.32 Å². The number of hydrogen-bond acceptors (Lipinski definition) is 4. The molecule has 0 radical (unpaired) electrons. The predicted octanol–water partition coefficient (Wildman–Crippen LogP) is 2.42. The van der Waals surface area contributed by atoms with Crippen LogP contribution in [-0.4, -0.2) is 27.9 Å². The van der Waals surface area contributed by atoms with Crippen LogP contribution in [0.3, 0.4) is 0 Å². The van der Waals surface area contributed by atoms with Crippen LogP contribution in [-0.2, 0) is 20.8 Å². The van der Waals surface area contributed by atoms with Crippen molar-refractivity contribution >= 4 is 29.1 Å². The molecule has 6 heteroatoms. The number of aliphatic carboxylic acids is 1. The SMILES string of the molecule is O=C(Cc1ccccc1)Nc1cccc(/C(O)=C\C(=O)C(=O)O)c1. The molecule has 2 aromatic carbocycles. The van der Waals surface area contributed by atoms with Crippen LogP contribution in [0.15, 0.2) is 60.7 Å². The Kier molecular flexibility index (Phi) is 5.46. The number of nitrogens with one attached hydrogen (secondary N) is 1. The Morgan fingerprint density at radius 1 is 0.958 bits per heavy atom. The van der Waals surface area contributed by atoms with E-state index >= 15 is 0 Å². The van der Waals surface area contributed by atoms with E-state index in [4.69, 9.17) is 5.11 Å². The summed E-state index contributed by atoms with van der Waals surface area (Å²) in [5.74, 6) is -3.61. The van der Waals surface area contributed by atoms with Crippen molar-refractivity contribution < 1.29 is 24.6 Å². The second-order valence-corrected chi connectivity index (χ2v) is 4.99. The number of ketones is 1. The third kappa shape index (κ3) is 4.81. The molecule has 122 valence electrons. The lowest BCUT2D eigenvalue weighted by Gasteiger charge is -2.07. The van der Waals surface area contributed by atoms with E-state index in [-0.39, 0.29) is 17.9 Å². The molecule has 0 bridgehead atoms. The van der Waals surface area contributed by atoms with Crippen molar-refractivity contribution in [1.29, 1.82) is 0 Å². The standard InChI is InChI=1S/C18H15NO5/c20-15(11-16(21)18(23)24)13-7-4-8-14(10-13)19-17(22)9-12-5-2-1-3-6-12/h1-8,10-11,20H,9H2,(H,19,22)(H,23,24)/b15-11+. The topological polar surface area (TPSA) is 104 Å². The third-order valence-corrected chi connectivity index (χ3v) is 3.13. The molecule has 0 aliphatic carbocycles.